The Morgan fingerprint density at radius 3 is 2.71 bits per heavy atom. The molecule has 1 aliphatic carbocycles. The summed E-state index contributed by atoms with van der Waals surface area (Å²) >= 11 is 6.17. The van der Waals surface area contributed by atoms with Gasteiger partial charge in [0.2, 0.25) is 0 Å². The number of aromatic nitrogens is 2. The van der Waals surface area contributed by atoms with Gasteiger partial charge >= 0.3 is 12.1 Å². The van der Waals surface area contributed by atoms with E-state index in [2.05, 4.69) is 10.4 Å². The number of amides is 1. The van der Waals surface area contributed by atoms with Crippen molar-refractivity contribution in [2.24, 2.45) is 0 Å². The van der Waals surface area contributed by atoms with E-state index in [1.807, 2.05) is 0 Å². The normalized spacial score (nSPS) is 16.2. The van der Waals surface area contributed by atoms with Crippen LogP contribution in [-0.2, 0) is 33.3 Å². The van der Waals surface area contributed by atoms with Gasteiger partial charge in [0.1, 0.15) is 5.70 Å². The molecule has 1 aromatic carbocycles. The second kappa shape index (κ2) is 9.30. The van der Waals surface area contributed by atoms with E-state index < -0.39 is 23.7 Å². The van der Waals surface area contributed by atoms with Crippen molar-refractivity contribution < 1.29 is 32.6 Å². The molecule has 1 aliphatic heterocycles. The van der Waals surface area contributed by atoms with E-state index >= 15 is 0 Å². The fourth-order valence-corrected chi connectivity index (χ4v) is 4.47. The molecule has 0 saturated heterocycles. The molecule has 12 heteroatoms. The predicted octanol–water partition coefficient (Wildman–Crippen LogP) is 3.10. The summed E-state index contributed by atoms with van der Waals surface area (Å²) < 4.78 is 47.1. The van der Waals surface area contributed by atoms with E-state index in [-0.39, 0.29) is 59.3 Å². The summed E-state index contributed by atoms with van der Waals surface area (Å²) in [5.41, 5.74) is 0.0803. The molecule has 2 N–H and O–H groups in total. The van der Waals surface area contributed by atoms with Gasteiger partial charge in [0, 0.05) is 22.8 Å². The van der Waals surface area contributed by atoms with E-state index in [9.17, 15) is 27.9 Å². The van der Waals surface area contributed by atoms with E-state index in [1.165, 1.54) is 34.9 Å². The van der Waals surface area contributed by atoms with Crippen LogP contribution < -0.4 is 5.32 Å². The molecule has 0 atom stereocenters. The number of anilines is 1. The van der Waals surface area contributed by atoms with Crippen LogP contribution in [0.15, 0.2) is 29.5 Å². The van der Waals surface area contributed by atoms with Gasteiger partial charge in [0.05, 0.1) is 37.2 Å². The standard InChI is InChI=1S/C22H22ClF3N4O4/c1-34-21(33)14-11-29(8-9-31)20(32)18(14)27-15-10-12(23)6-7-17(15)30-16-5-3-2-4-13(16)19(28-30)22(24,25)26/h6-7,10,27,31H,2-5,8-9,11H2,1H3. The molecule has 2 aliphatic rings. The average molecular weight is 499 g/mol. The SMILES string of the molecule is COC(=O)C1=C(Nc2cc(Cl)ccc2-n2nc(C(F)(F)F)c3c2CCCC3)C(=O)N(CCO)C1. The van der Waals surface area contributed by atoms with Crippen LogP contribution in [0, 0.1) is 0 Å². The molecule has 0 spiro atoms. The van der Waals surface area contributed by atoms with E-state index in [0.717, 1.165) is 6.42 Å². The number of nitrogens with one attached hydrogen (secondary N) is 1. The van der Waals surface area contributed by atoms with Crippen molar-refractivity contribution >= 4 is 29.2 Å². The fraction of sp³-hybridized carbons (Fsp3) is 0.409. The number of aliphatic hydroxyl groups excluding tert-OH is 1. The lowest BCUT2D eigenvalue weighted by molar-refractivity contribution is -0.142. The Hall–Kier alpha value is -3.05. The number of nitrogens with zero attached hydrogens (tertiary/aromatic N) is 3. The average Bonchev–Trinajstić information content (AvgIpc) is 3.33. The van der Waals surface area contributed by atoms with Crippen LogP contribution in [0.25, 0.3) is 5.69 Å². The number of carbonyl (C=O) groups is 2. The highest BCUT2D eigenvalue weighted by Crippen LogP contribution is 2.38. The maximum atomic E-state index is 13.7. The van der Waals surface area contributed by atoms with Gasteiger partial charge in [-0.2, -0.15) is 18.3 Å². The number of fused-ring (bicyclic) bond motifs is 1. The predicted molar refractivity (Wildman–Crippen MR) is 117 cm³/mol. The number of rotatable bonds is 6. The van der Waals surface area contributed by atoms with Gasteiger partial charge in [-0.15, -0.1) is 0 Å². The highest BCUT2D eigenvalue weighted by Gasteiger charge is 2.40. The number of aliphatic hydroxyl groups is 1. The number of β-amino-alcohol motifs (C(OH)–C–C–N with tert-alkyl or cyclic N) is 1. The lowest BCUT2D eigenvalue weighted by Crippen LogP contribution is -2.31. The second-order valence-electron chi connectivity index (χ2n) is 7.97. The third kappa shape index (κ3) is 4.37. The largest absolute Gasteiger partial charge is 0.466 e. The number of hydrogen-bond donors (Lipinski definition) is 2. The lowest BCUT2D eigenvalue weighted by atomic mass is 9.95. The van der Waals surface area contributed by atoms with Crippen LogP contribution in [0.3, 0.4) is 0 Å². The van der Waals surface area contributed by atoms with Crippen molar-refractivity contribution in [3.63, 3.8) is 0 Å². The van der Waals surface area contributed by atoms with Crippen molar-refractivity contribution in [1.29, 1.82) is 0 Å². The van der Waals surface area contributed by atoms with Gasteiger partial charge in [0.25, 0.3) is 5.91 Å². The molecule has 34 heavy (non-hydrogen) atoms. The zero-order valence-electron chi connectivity index (χ0n) is 18.2. The minimum Gasteiger partial charge on any atom is -0.466 e. The van der Waals surface area contributed by atoms with Crippen molar-refractivity contribution in [2.45, 2.75) is 31.9 Å². The lowest BCUT2D eigenvalue weighted by Gasteiger charge is -2.18. The number of benzene rings is 1. The highest BCUT2D eigenvalue weighted by atomic mass is 35.5. The Morgan fingerprint density at radius 2 is 2.03 bits per heavy atom. The Bertz CT molecular complexity index is 1180. The molecule has 182 valence electrons. The fourth-order valence-electron chi connectivity index (χ4n) is 4.30. The number of methoxy groups -OCH3 is 1. The van der Waals surface area contributed by atoms with Gasteiger partial charge < -0.3 is 20.1 Å². The summed E-state index contributed by atoms with van der Waals surface area (Å²) in [7, 11) is 1.17. The molecular formula is C22H22ClF3N4O4. The molecule has 8 nitrogen and oxygen atoms in total. The van der Waals surface area contributed by atoms with Crippen LogP contribution in [0.2, 0.25) is 5.02 Å². The Morgan fingerprint density at radius 1 is 1.29 bits per heavy atom. The molecule has 0 unspecified atom stereocenters. The zero-order valence-corrected chi connectivity index (χ0v) is 19.0. The van der Waals surface area contributed by atoms with E-state index in [1.54, 1.807) is 0 Å². The van der Waals surface area contributed by atoms with Gasteiger partial charge in [-0.3, -0.25) is 4.79 Å². The summed E-state index contributed by atoms with van der Waals surface area (Å²) in [5.74, 6) is -1.30. The second-order valence-corrected chi connectivity index (χ2v) is 8.41. The van der Waals surface area contributed by atoms with Gasteiger partial charge in [-0.05, 0) is 43.9 Å². The summed E-state index contributed by atoms with van der Waals surface area (Å²) in [5, 5.41) is 16.3. The third-order valence-electron chi connectivity index (χ3n) is 5.85. The van der Waals surface area contributed by atoms with Gasteiger partial charge in [0.15, 0.2) is 5.69 Å². The Kier molecular flexibility index (Phi) is 6.59. The van der Waals surface area contributed by atoms with Crippen molar-refractivity contribution in [3.05, 3.63) is 51.4 Å². The summed E-state index contributed by atoms with van der Waals surface area (Å²) in [4.78, 5) is 26.5. The molecule has 1 aromatic heterocycles. The summed E-state index contributed by atoms with van der Waals surface area (Å²) in [6.45, 7) is -0.399. The quantitative estimate of drug-likeness (QED) is 0.594. The minimum atomic E-state index is -4.61. The molecule has 1 amide bonds. The number of halogens is 4. The monoisotopic (exact) mass is 498 g/mol. The molecule has 0 fully saturated rings. The van der Waals surface area contributed by atoms with Crippen LogP contribution in [0.1, 0.15) is 29.8 Å². The molecule has 0 saturated carbocycles. The molecule has 2 aromatic rings. The van der Waals surface area contributed by atoms with Crippen LogP contribution in [0.5, 0.6) is 0 Å². The molecule has 4 rings (SSSR count). The number of carbonyl (C=O) groups excluding carboxylic acids is 2. The first-order valence-corrected chi connectivity index (χ1v) is 11.0. The molecule has 2 heterocycles. The van der Waals surface area contributed by atoms with Gasteiger partial charge in [-0.1, -0.05) is 11.6 Å². The number of alkyl halides is 3. The van der Waals surface area contributed by atoms with Crippen LogP contribution >= 0.6 is 11.6 Å². The molecule has 0 radical (unpaired) electrons. The Balaban J connectivity index is 1.83. The number of ether oxygens (including phenoxy) is 1. The van der Waals surface area contributed by atoms with Crippen molar-refractivity contribution in [1.82, 2.24) is 14.7 Å². The number of hydrogen-bond acceptors (Lipinski definition) is 6. The van der Waals surface area contributed by atoms with Crippen LogP contribution in [-0.4, -0.2) is 58.5 Å². The van der Waals surface area contributed by atoms with E-state index in [4.69, 9.17) is 16.3 Å². The first-order chi connectivity index (χ1) is 16.2. The van der Waals surface area contributed by atoms with Crippen molar-refractivity contribution in [2.75, 3.05) is 32.1 Å². The highest BCUT2D eigenvalue weighted by molar-refractivity contribution is 6.31. The molecule has 0 bridgehead atoms. The smallest absolute Gasteiger partial charge is 0.435 e. The maximum absolute atomic E-state index is 13.7. The summed E-state index contributed by atoms with van der Waals surface area (Å²) in [6, 6.07) is 4.47. The van der Waals surface area contributed by atoms with E-state index in [0.29, 0.717) is 18.5 Å². The van der Waals surface area contributed by atoms with Crippen molar-refractivity contribution in [3.8, 4) is 5.69 Å². The summed E-state index contributed by atoms with van der Waals surface area (Å²) in [6.07, 6.45) is -2.57. The molecular weight excluding hydrogens is 477 g/mol. The minimum absolute atomic E-state index is 0.00544. The Labute approximate surface area is 197 Å². The maximum Gasteiger partial charge on any atom is 0.435 e. The first kappa shape index (κ1) is 24.1. The first-order valence-electron chi connectivity index (χ1n) is 10.6. The van der Waals surface area contributed by atoms with Crippen LogP contribution in [0.4, 0.5) is 18.9 Å². The zero-order chi connectivity index (χ0) is 24.6. The third-order valence-corrected chi connectivity index (χ3v) is 6.08. The van der Waals surface area contributed by atoms with Gasteiger partial charge in [-0.25, -0.2) is 9.48 Å². The number of esters is 1. The topological polar surface area (TPSA) is 96.7 Å².